The van der Waals surface area contributed by atoms with Crippen molar-refractivity contribution in [1.82, 2.24) is 9.21 Å². The molecule has 0 spiro atoms. The van der Waals surface area contributed by atoms with Crippen LogP contribution in [0.4, 0.5) is 17.6 Å². The molecule has 1 saturated heterocycles. The Hall–Kier alpha value is -1.72. The molecule has 0 bridgehead atoms. The lowest BCUT2D eigenvalue weighted by molar-refractivity contribution is -0.140. The Kier molecular flexibility index (Phi) is 6.25. The summed E-state index contributed by atoms with van der Waals surface area (Å²) in [4.78, 5) is 12.1. The summed E-state index contributed by atoms with van der Waals surface area (Å²) in [6, 6.07) is 2.51. The summed E-state index contributed by atoms with van der Waals surface area (Å²) >= 11 is 0. The quantitative estimate of drug-likeness (QED) is 0.711. The van der Waals surface area contributed by atoms with E-state index in [1.165, 1.54) is 6.92 Å². The predicted octanol–water partition coefficient (Wildman–Crippen LogP) is 1.87. The molecule has 0 atom stereocenters. The van der Waals surface area contributed by atoms with Crippen LogP contribution in [0.5, 0.6) is 0 Å². The molecule has 6 nitrogen and oxygen atoms in total. The number of hydrogen-bond acceptors (Lipinski definition) is 4. The van der Waals surface area contributed by atoms with Gasteiger partial charge in [0.25, 0.3) is 5.91 Å². The van der Waals surface area contributed by atoms with Crippen LogP contribution in [0, 0.1) is 5.82 Å². The van der Waals surface area contributed by atoms with Gasteiger partial charge in [0.1, 0.15) is 17.3 Å². The van der Waals surface area contributed by atoms with Crippen molar-refractivity contribution in [3.8, 4) is 0 Å². The van der Waals surface area contributed by atoms with Crippen molar-refractivity contribution in [2.24, 2.45) is 0 Å². The summed E-state index contributed by atoms with van der Waals surface area (Å²) in [5.74, 6) is -2.10. The van der Waals surface area contributed by atoms with E-state index in [0.29, 0.717) is 4.90 Å². The molecule has 1 aromatic rings. The zero-order valence-corrected chi connectivity index (χ0v) is 14.7. The molecule has 146 valence electrons. The van der Waals surface area contributed by atoms with Gasteiger partial charge in [-0.15, -0.1) is 0 Å². The number of amides is 1. The van der Waals surface area contributed by atoms with Crippen molar-refractivity contribution in [1.29, 1.82) is 0 Å². The molecule has 0 aliphatic carbocycles. The van der Waals surface area contributed by atoms with E-state index in [0.717, 1.165) is 22.5 Å². The van der Waals surface area contributed by atoms with E-state index in [-0.39, 0.29) is 38.4 Å². The van der Waals surface area contributed by atoms with Crippen LogP contribution < -0.4 is 0 Å². The Balaban J connectivity index is 2.35. The zero-order valence-electron chi connectivity index (χ0n) is 13.9. The molecule has 1 aliphatic heterocycles. The van der Waals surface area contributed by atoms with Gasteiger partial charge in [-0.3, -0.25) is 4.79 Å². The van der Waals surface area contributed by atoms with E-state index in [1.807, 2.05) is 0 Å². The molecule has 0 saturated carbocycles. The van der Waals surface area contributed by atoms with Gasteiger partial charge < -0.3 is 9.64 Å². The maximum atomic E-state index is 14.1. The minimum Gasteiger partial charge on any atom is -0.379 e. The van der Waals surface area contributed by atoms with Gasteiger partial charge in [0.2, 0.25) is 10.0 Å². The van der Waals surface area contributed by atoms with Crippen LogP contribution in [0.3, 0.4) is 0 Å². The molecule has 0 aromatic heterocycles. The Morgan fingerprint density at radius 3 is 2.42 bits per heavy atom. The molecule has 2 rings (SSSR count). The largest absolute Gasteiger partial charge is 0.406 e. The average molecular weight is 398 g/mol. The number of sulfonamides is 1. The minimum absolute atomic E-state index is 0.0229. The SMILES string of the molecule is CCN(CC(F)(F)F)C(=O)c1ccc(F)c(S(=O)(=O)N2CCOCC2)c1. The van der Waals surface area contributed by atoms with Crippen molar-refractivity contribution in [2.45, 2.75) is 18.0 Å². The molecule has 26 heavy (non-hydrogen) atoms. The summed E-state index contributed by atoms with van der Waals surface area (Å²) in [7, 11) is -4.23. The molecule has 0 radical (unpaired) electrons. The summed E-state index contributed by atoms with van der Waals surface area (Å²) in [6.45, 7) is -0.0153. The average Bonchev–Trinajstić information content (AvgIpc) is 2.59. The van der Waals surface area contributed by atoms with Gasteiger partial charge >= 0.3 is 6.18 Å². The van der Waals surface area contributed by atoms with Crippen molar-refractivity contribution in [2.75, 3.05) is 39.4 Å². The highest BCUT2D eigenvalue weighted by molar-refractivity contribution is 7.89. The van der Waals surface area contributed by atoms with Crippen LogP contribution in [0.25, 0.3) is 0 Å². The van der Waals surface area contributed by atoms with Gasteiger partial charge in [0.05, 0.1) is 13.2 Å². The Morgan fingerprint density at radius 1 is 1.27 bits per heavy atom. The van der Waals surface area contributed by atoms with Gasteiger partial charge in [0, 0.05) is 25.2 Å². The minimum atomic E-state index is -4.60. The predicted molar refractivity (Wildman–Crippen MR) is 83.6 cm³/mol. The Morgan fingerprint density at radius 2 is 1.88 bits per heavy atom. The topological polar surface area (TPSA) is 66.9 Å². The fraction of sp³-hybridized carbons (Fsp3) is 0.533. The van der Waals surface area contributed by atoms with Crippen LogP contribution in [0.15, 0.2) is 23.1 Å². The van der Waals surface area contributed by atoms with Gasteiger partial charge in [-0.25, -0.2) is 12.8 Å². The number of carbonyl (C=O) groups is 1. The fourth-order valence-electron chi connectivity index (χ4n) is 2.49. The van der Waals surface area contributed by atoms with Gasteiger partial charge in [-0.2, -0.15) is 17.5 Å². The van der Waals surface area contributed by atoms with Gasteiger partial charge in [-0.05, 0) is 25.1 Å². The number of morpholine rings is 1. The van der Waals surface area contributed by atoms with E-state index >= 15 is 0 Å². The number of rotatable bonds is 5. The Labute approximate surface area is 148 Å². The fourth-order valence-corrected chi connectivity index (χ4v) is 3.98. The second-order valence-electron chi connectivity index (χ2n) is 5.60. The van der Waals surface area contributed by atoms with Crippen molar-refractivity contribution >= 4 is 15.9 Å². The third-order valence-corrected chi connectivity index (χ3v) is 5.72. The zero-order chi connectivity index (χ0) is 19.5. The molecule has 11 heteroatoms. The summed E-state index contributed by atoms with van der Waals surface area (Å²) < 4.78 is 83.0. The molecular formula is C15H18F4N2O4S. The monoisotopic (exact) mass is 398 g/mol. The smallest absolute Gasteiger partial charge is 0.379 e. The van der Waals surface area contributed by atoms with Crippen LogP contribution in [-0.2, 0) is 14.8 Å². The number of carbonyl (C=O) groups excluding carboxylic acids is 1. The number of halogens is 4. The van der Waals surface area contributed by atoms with Crippen molar-refractivity contribution in [3.05, 3.63) is 29.6 Å². The highest BCUT2D eigenvalue weighted by Gasteiger charge is 2.34. The third-order valence-electron chi connectivity index (χ3n) is 3.81. The maximum Gasteiger partial charge on any atom is 0.406 e. The normalized spacial score (nSPS) is 16.5. The number of ether oxygens (including phenoxy) is 1. The Bertz CT molecular complexity index is 761. The van der Waals surface area contributed by atoms with E-state index in [2.05, 4.69) is 0 Å². The van der Waals surface area contributed by atoms with Crippen LogP contribution >= 0.6 is 0 Å². The molecule has 1 aliphatic rings. The van der Waals surface area contributed by atoms with Crippen molar-refractivity contribution in [3.63, 3.8) is 0 Å². The second-order valence-corrected chi connectivity index (χ2v) is 7.50. The first-order chi connectivity index (χ1) is 12.1. The first-order valence-corrected chi connectivity index (χ1v) is 9.23. The van der Waals surface area contributed by atoms with E-state index in [1.54, 1.807) is 0 Å². The molecule has 1 aromatic carbocycles. The summed E-state index contributed by atoms with van der Waals surface area (Å²) in [5.41, 5.74) is -0.329. The van der Waals surface area contributed by atoms with Crippen LogP contribution in [0.2, 0.25) is 0 Å². The van der Waals surface area contributed by atoms with E-state index in [9.17, 15) is 30.8 Å². The van der Waals surface area contributed by atoms with Crippen LogP contribution in [-0.4, -0.2) is 69.1 Å². The lowest BCUT2D eigenvalue weighted by Crippen LogP contribution is -2.41. The first-order valence-electron chi connectivity index (χ1n) is 7.79. The second kappa shape index (κ2) is 7.89. The van der Waals surface area contributed by atoms with E-state index in [4.69, 9.17) is 4.74 Å². The maximum absolute atomic E-state index is 14.1. The number of alkyl halides is 3. The molecule has 1 amide bonds. The molecule has 1 heterocycles. The lowest BCUT2D eigenvalue weighted by Gasteiger charge is -2.26. The van der Waals surface area contributed by atoms with Gasteiger partial charge in [-0.1, -0.05) is 0 Å². The molecule has 0 N–H and O–H groups in total. The molecule has 0 unspecified atom stereocenters. The summed E-state index contributed by atoms with van der Waals surface area (Å²) in [6.07, 6.45) is -4.60. The number of hydrogen-bond donors (Lipinski definition) is 0. The molecular weight excluding hydrogens is 380 g/mol. The van der Waals surface area contributed by atoms with Gasteiger partial charge in [0.15, 0.2) is 0 Å². The lowest BCUT2D eigenvalue weighted by atomic mass is 10.2. The highest BCUT2D eigenvalue weighted by Crippen LogP contribution is 2.23. The third kappa shape index (κ3) is 4.71. The van der Waals surface area contributed by atoms with Crippen LogP contribution in [0.1, 0.15) is 17.3 Å². The van der Waals surface area contributed by atoms with E-state index < -0.39 is 39.4 Å². The standard InChI is InChI=1S/C15H18F4N2O4S/c1-2-20(10-15(17,18)19)14(22)11-3-4-12(16)13(9-11)26(23,24)21-5-7-25-8-6-21/h3-4,9H,2,5-8,10H2,1H3. The summed E-state index contributed by atoms with van der Waals surface area (Å²) in [5, 5.41) is 0. The number of benzene rings is 1. The van der Waals surface area contributed by atoms with Crippen molar-refractivity contribution < 1.29 is 35.5 Å². The first kappa shape index (κ1) is 20.6. The number of nitrogens with zero attached hydrogens (tertiary/aromatic N) is 2. The molecule has 1 fully saturated rings. The highest BCUT2D eigenvalue weighted by atomic mass is 32.2.